The SMILES string of the molecule is CCCCCCCCCCCCCCC[C@H](CC(=O)O)OC(C)=O. The normalized spacial score (nSPS) is 12.1. The maximum Gasteiger partial charge on any atom is 0.307 e. The summed E-state index contributed by atoms with van der Waals surface area (Å²) >= 11 is 0. The Bertz CT molecular complexity index is 299. The first kappa shape index (κ1) is 22.9. The van der Waals surface area contributed by atoms with Gasteiger partial charge in [-0.25, -0.2) is 0 Å². The van der Waals surface area contributed by atoms with Crippen LogP contribution in [0.1, 0.15) is 110 Å². The number of carboxylic acids is 1. The summed E-state index contributed by atoms with van der Waals surface area (Å²) in [4.78, 5) is 21.7. The van der Waals surface area contributed by atoms with E-state index < -0.39 is 18.0 Å². The lowest BCUT2D eigenvalue weighted by molar-refractivity contribution is -0.151. The number of ether oxygens (including phenoxy) is 1. The molecule has 4 nitrogen and oxygen atoms in total. The van der Waals surface area contributed by atoms with Crippen molar-refractivity contribution in [1.82, 2.24) is 0 Å². The Morgan fingerprint density at radius 2 is 1.21 bits per heavy atom. The zero-order valence-corrected chi connectivity index (χ0v) is 15.9. The van der Waals surface area contributed by atoms with Crippen LogP contribution >= 0.6 is 0 Å². The van der Waals surface area contributed by atoms with Crippen LogP contribution in [0.4, 0.5) is 0 Å². The van der Waals surface area contributed by atoms with Gasteiger partial charge in [0.15, 0.2) is 0 Å². The molecule has 0 heterocycles. The number of unbranched alkanes of at least 4 members (excludes halogenated alkanes) is 12. The molecule has 0 saturated carbocycles. The van der Waals surface area contributed by atoms with E-state index in [9.17, 15) is 9.59 Å². The molecule has 1 N–H and O–H groups in total. The fourth-order valence-electron chi connectivity index (χ4n) is 3.02. The summed E-state index contributed by atoms with van der Waals surface area (Å²) in [5, 5.41) is 8.81. The minimum Gasteiger partial charge on any atom is -0.481 e. The molecule has 0 aromatic rings. The number of rotatable bonds is 17. The van der Waals surface area contributed by atoms with Crippen molar-refractivity contribution in [3.63, 3.8) is 0 Å². The van der Waals surface area contributed by atoms with Gasteiger partial charge in [0.05, 0.1) is 6.42 Å². The van der Waals surface area contributed by atoms with Gasteiger partial charge in [0.25, 0.3) is 0 Å². The van der Waals surface area contributed by atoms with E-state index >= 15 is 0 Å². The van der Waals surface area contributed by atoms with Gasteiger partial charge in [0.1, 0.15) is 6.10 Å². The molecule has 0 rings (SSSR count). The van der Waals surface area contributed by atoms with E-state index in [4.69, 9.17) is 9.84 Å². The van der Waals surface area contributed by atoms with Crippen molar-refractivity contribution in [3.05, 3.63) is 0 Å². The van der Waals surface area contributed by atoms with Gasteiger partial charge in [-0.2, -0.15) is 0 Å². The second-order valence-electron chi connectivity index (χ2n) is 6.86. The second-order valence-corrected chi connectivity index (χ2v) is 6.86. The minimum atomic E-state index is -0.907. The molecule has 0 saturated heterocycles. The van der Waals surface area contributed by atoms with Crippen molar-refractivity contribution in [2.45, 2.75) is 116 Å². The van der Waals surface area contributed by atoms with Crippen LogP contribution in [0.15, 0.2) is 0 Å². The molecular weight excluding hydrogens is 304 g/mol. The van der Waals surface area contributed by atoms with E-state index in [-0.39, 0.29) is 6.42 Å². The van der Waals surface area contributed by atoms with E-state index in [1.54, 1.807) is 0 Å². The van der Waals surface area contributed by atoms with E-state index in [0.717, 1.165) is 12.8 Å². The number of carboxylic acid groups (broad SMARTS) is 1. The van der Waals surface area contributed by atoms with Gasteiger partial charge in [-0.3, -0.25) is 9.59 Å². The van der Waals surface area contributed by atoms with Crippen LogP contribution in [-0.2, 0) is 14.3 Å². The monoisotopic (exact) mass is 342 g/mol. The van der Waals surface area contributed by atoms with E-state index in [2.05, 4.69) is 6.92 Å². The van der Waals surface area contributed by atoms with Crippen LogP contribution in [0.3, 0.4) is 0 Å². The summed E-state index contributed by atoms with van der Waals surface area (Å²) < 4.78 is 5.05. The lowest BCUT2D eigenvalue weighted by Gasteiger charge is -2.14. The summed E-state index contributed by atoms with van der Waals surface area (Å²) in [5.74, 6) is -1.30. The average Bonchev–Trinajstić information content (AvgIpc) is 2.50. The first-order valence-corrected chi connectivity index (χ1v) is 9.95. The smallest absolute Gasteiger partial charge is 0.307 e. The number of hydrogen-bond donors (Lipinski definition) is 1. The highest BCUT2D eigenvalue weighted by molar-refractivity contribution is 5.69. The van der Waals surface area contributed by atoms with Crippen LogP contribution in [0.2, 0.25) is 0 Å². The Kier molecular flexibility index (Phi) is 16.0. The maximum atomic E-state index is 11.0. The molecule has 0 bridgehead atoms. The summed E-state index contributed by atoms with van der Waals surface area (Å²) in [6, 6.07) is 0. The van der Waals surface area contributed by atoms with Gasteiger partial charge in [-0.1, -0.05) is 84.0 Å². The molecule has 0 amide bonds. The fraction of sp³-hybridized carbons (Fsp3) is 0.900. The summed E-state index contributed by atoms with van der Waals surface area (Å²) in [6.07, 6.45) is 16.8. The van der Waals surface area contributed by atoms with Crippen molar-refractivity contribution < 1.29 is 19.4 Å². The predicted molar refractivity (Wildman–Crippen MR) is 98.1 cm³/mol. The molecule has 0 aliphatic heterocycles. The average molecular weight is 343 g/mol. The Morgan fingerprint density at radius 1 is 0.792 bits per heavy atom. The molecule has 0 aromatic heterocycles. The third-order valence-corrected chi connectivity index (χ3v) is 4.36. The highest BCUT2D eigenvalue weighted by Crippen LogP contribution is 2.15. The van der Waals surface area contributed by atoms with Crippen LogP contribution in [0, 0.1) is 0 Å². The molecule has 4 heteroatoms. The Balaban J connectivity index is 3.39. The first-order valence-electron chi connectivity index (χ1n) is 9.95. The molecule has 1 atom stereocenters. The van der Waals surface area contributed by atoms with Crippen LogP contribution < -0.4 is 0 Å². The number of carbonyl (C=O) groups is 2. The van der Waals surface area contributed by atoms with E-state index in [0.29, 0.717) is 6.42 Å². The minimum absolute atomic E-state index is 0.0855. The number of aliphatic carboxylic acids is 1. The zero-order chi connectivity index (χ0) is 18.0. The van der Waals surface area contributed by atoms with Gasteiger partial charge < -0.3 is 9.84 Å². The van der Waals surface area contributed by atoms with Crippen molar-refractivity contribution >= 4 is 11.9 Å². The molecule has 24 heavy (non-hydrogen) atoms. The second kappa shape index (κ2) is 16.8. The summed E-state index contributed by atoms with van der Waals surface area (Å²) in [5.41, 5.74) is 0. The van der Waals surface area contributed by atoms with Gasteiger partial charge in [-0.05, 0) is 12.8 Å². The molecular formula is C20H38O4. The molecule has 0 spiro atoms. The largest absolute Gasteiger partial charge is 0.481 e. The maximum absolute atomic E-state index is 11.0. The molecule has 0 aliphatic carbocycles. The third kappa shape index (κ3) is 17.3. The van der Waals surface area contributed by atoms with Crippen molar-refractivity contribution in [2.24, 2.45) is 0 Å². The van der Waals surface area contributed by atoms with Crippen LogP contribution in [0.5, 0.6) is 0 Å². The summed E-state index contributed by atoms with van der Waals surface area (Å²) in [6.45, 7) is 3.58. The van der Waals surface area contributed by atoms with Crippen molar-refractivity contribution in [3.8, 4) is 0 Å². The lowest BCUT2D eigenvalue weighted by atomic mass is 10.0. The highest BCUT2D eigenvalue weighted by Gasteiger charge is 2.15. The Hall–Kier alpha value is -1.06. The third-order valence-electron chi connectivity index (χ3n) is 4.36. The van der Waals surface area contributed by atoms with Gasteiger partial charge in [0, 0.05) is 6.92 Å². The lowest BCUT2D eigenvalue weighted by Crippen LogP contribution is -2.20. The van der Waals surface area contributed by atoms with E-state index in [1.165, 1.54) is 77.6 Å². The first-order chi connectivity index (χ1) is 11.6. The number of esters is 1. The number of hydrogen-bond acceptors (Lipinski definition) is 3. The molecule has 0 radical (unpaired) electrons. The number of carbonyl (C=O) groups excluding carboxylic acids is 1. The quantitative estimate of drug-likeness (QED) is 0.265. The molecule has 0 fully saturated rings. The fourth-order valence-corrected chi connectivity index (χ4v) is 3.02. The Morgan fingerprint density at radius 3 is 1.58 bits per heavy atom. The van der Waals surface area contributed by atoms with Crippen LogP contribution in [0.25, 0.3) is 0 Å². The summed E-state index contributed by atoms with van der Waals surface area (Å²) in [7, 11) is 0. The van der Waals surface area contributed by atoms with E-state index in [1.807, 2.05) is 0 Å². The molecule has 0 unspecified atom stereocenters. The van der Waals surface area contributed by atoms with Crippen molar-refractivity contribution in [1.29, 1.82) is 0 Å². The Labute approximate surface area is 148 Å². The van der Waals surface area contributed by atoms with Gasteiger partial charge in [-0.15, -0.1) is 0 Å². The topological polar surface area (TPSA) is 63.6 Å². The van der Waals surface area contributed by atoms with Gasteiger partial charge >= 0.3 is 11.9 Å². The standard InChI is InChI=1S/C20H38O4/c1-3-4-5-6-7-8-9-10-11-12-13-14-15-16-19(17-20(22)23)24-18(2)21/h19H,3-17H2,1-2H3,(H,22,23)/t19-/m1/s1. The molecule has 0 aromatic carbocycles. The zero-order valence-electron chi connectivity index (χ0n) is 15.9. The van der Waals surface area contributed by atoms with Crippen LogP contribution in [-0.4, -0.2) is 23.1 Å². The molecule has 142 valence electrons. The highest BCUT2D eigenvalue weighted by atomic mass is 16.5. The molecule has 0 aliphatic rings. The van der Waals surface area contributed by atoms with Gasteiger partial charge in [0.2, 0.25) is 0 Å². The van der Waals surface area contributed by atoms with Crippen molar-refractivity contribution in [2.75, 3.05) is 0 Å². The predicted octanol–water partition coefficient (Wildman–Crippen LogP) is 5.87.